The second-order valence-corrected chi connectivity index (χ2v) is 9.62. The Morgan fingerprint density at radius 1 is 1.22 bits per heavy atom. The van der Waals surface area contributed by atoms with Gasteiger partial charge in [0, 0.05) is 24.1 Å². The molecule has 0 bridgehead atoms. The fourth-order valence-electron chi connectivity index (χ4n) is 3.33. The summed E-state index contributed by atoms with van der Waals surface area (Å²) < 4.78 is 35.9. The van der Waals surface area contributed by atoms with Crippen molar-refractivity contribution in [2.24, 2.45) is 0 Å². The second-order valence-electron chi connectivity index (χ2n) is 7.72. The van der Waals surface area contributed by atoms with E-state index in [9.17, 15) is 14.2 Å². The lowest BCUT2D eigenvalue weighted by molar-refractivity contribution is -0.187. The molecule has 2 aromatic rings. The largest absolute Gasteiger partial charge is 0.406 e. The van der Waals surface area contributed by atoms with Crippen LogP contribution in [0.4, 0.5) is 5.82 Å². The van der Waals surface area contributed by atoms with Crippen molar-refractivity contribution in [2.45, 2.75) is 45.5 Å². The van der Waals surface area contributed by atoms with Gasteiger partial charge in [0.25, 0.3) is 5.91 Å². The standard InChI is InChI=1S/C24H32N3O8P/c1-3-33-36(30,34-4-2)17-14-20(35-22-12-8-9-16-31-22)18-32-27-15-13-21(26-24(27)29)25-23(28)19-10-6-5-7-11-19/h5-7,10-11,13-15,17,20,22H,3-4,8-9,12,16,18H2,1-2H3,(H,25,26,28,29)/t20-,22+/m1/s1. The van der Waals surface area contributed by atoms with Gasteiger partial charge < -0.3 is 28.7 Å². The number of nitrogens with zero attached hydrogens (tertiary/aromatic N) is 2. The van der Waals surface area contributed by atoms with Crippen molar-refractivity contribution >= 4 is 19.3 Å². The lowest BCUT2D eigenvalue weighted by atomic mass is 10.2. The van der Waals surface area contributed by atoms with E-state index < -0.39 is 25.7 Å². The molecule has 0 unspecified atom stereocenters. The van der Waals surface area contributed by atoms with E-state index in [1.165, 1.54) is 24.2 Å². The molecule has 1 aromatic heterocycles. The topological polar surface area (TPSA) is 127 Å². The van der Waals surface area contributed by atoms with E-state index in [2.05, 4.69) is 10.3 Å². The highest BCUT2D eigenvalue weighted by molar-refractivity contribution is 7.57. The van der Waals surface area contributed by atoms with Gasteiger partial charge in [-0.05, 0) is 51.3 Å². The van der Waals surface area contributed by atoms with Crippen LogP contribution >= 0.6 is 7.60 Å². The summed E-state index contributed by atoms with van der Waals surface area (Å²) in [6.07, 6.45) is 4.31. The van der Waals surface area contributed by atoms with Gasteiger partial charge in [-0.3, -0.25) is 9.36 Å². The molecule has 0 spiro atoms. The number of hydrogen-bond acceptors (Lipinski definition) is 9. The molecule has 0 aliphatic carbocycles. The monoisotopic (exact) mass is 521 g/mol. The Morgan fingerprint density at radius 3 is 2.61 bits per heavy atom. The van der Waals surface area contributed by atoms with Gasteiger partial charge in [-0.1, -0.05) is 18.2 Å². The van der Waals surface area contributed by atoms with Gasteiger partial charge in [-0.2, -0.15) is 4.98 Å². The van der Waals surface area contributed by atoms with Crippen LogP contribution in [0.25, 0.3) is 0 Å². The number of carbonyl (C=O) groups is 1. The number of carbonyl (C=O) groups excluding carboxylic acids is 1. The molecule has 1 aliphatic heterocycles. The molecule has 0 radical (unpaired) electrons. The van der Waals surface area contributed by atoms with E-state index >= 15 is 0 Å². The van der Waals surface area contributed by atoms with E-state index in [1.54, 1.807) is 44.2 Å². The predicted octanol–water partition coefficient (Wildman–Crippen LogP) is 3.62. The lowest BCUT2D eigenvalue weighted by Gasteiger charge is -2.26. The first-order chi connectivity index (χ1) is 17.4. The number of aromatic nitrogens is 2. The van der Waals surface area contributed by atoms with E-state index in [1.807, 2.05) is 0 Å². The summed E-state index contributed by atoms with van der Waals surface area (Å²) in [5, 5.41) is 2.58. The zero-order valence-electron chi connectivity index (χ0n) is 20.4. The molecule has 1 aliphatic rings. The first kappa shape index (κ1) is 27.8. The average Bonchev–Trinajstić information content (AvgIpc) is 2.88. The third-order valence-electron chi connectivity index (χ3n) is 4.99. The van der Waals surface area contributed by atoms with Crippen molar-refractivity contribution in [2.75, 3.05) is 31.7 Å². The summed E-state index contributed by atoms with van der Waals surface area (Å²) in [6.45, 7) is 4.34. The first-order valence-electron chi connectivity index (χ1n) is 11.9. The smallest absolute Gasteiger partial charge is 0.382 e. The van der Waals surface area contributed by atoms with E-state index in [4.69, 9.17) is 23.4 Å². The molecular formula is C24H32N3O8P. The molecule has 2 atom stereocenters. The Labute approximate surface area is 209 Å². The summed E-state index contributed by atoms with van der Waals surface area (Å²) in [6, 6.07) is 10.0. The van der Waals surface area contributed by atoms with Crippen molar-refractivity contribution in [3.05, 3.63) is 70.5 Å². The minimum absolute atomic E-state index is 0.0892. The Hall–Kier alpha value is -2.82. The van der Waals surface area contributed by atoms with Crippen molar-refractivity contribution in [1.82, 2.24) is 9.71 Å². The van der Waals surface area contributed by atoms with Crippen LogP contribution in [0.1, 0.15) is 43.5 Å². The number of anilines is 1. The fraction of sp³-hybridized carbons (Fsp3) is 0.458. The van der Waals surface area contributed by atoms with Crippen LogP contribution < -0.4 is 15.8 Å². The van der Waals surface area contributed by atoms with Crippen LogP contribution in [0.2, 0.25) is 0 Å². The van der Waals surface area contributed by atoms with Crippen molar-refractivity contribution in [3.63, 3.8) is 0 Å². The van der Waals surface area contributed by atoms with Crippen LogP contribution in [-0.4, -0.2) is 54.4 Å². The molecule has 1 N–H and O–H groups in total. The third-order valence-corrected chi connectivity index (χ3v) is 6.77. The highest BCUT2D eigenvalue weighted by Crippen LogP contribution is 2.49. The lowest BCUT2D eigenvalue weighted by Crippen LogP contribution is -2.36. The van der Waals surface area contributed by atoms with Gasteiger partial charge in [0.1, 0.15) is 18.5 Å². The Kier molecular flexibility index (Phi) is 10.8. The molecular weight excluding hydrogens is 489 g/mol. The zero-order chi connectivity index (χ0) is 25.8. The Balaban J connectivity index is 1.67. The third kappa shape index (κ3) is 8.69. The summed E-state index contributed by atoms with van der Waals surface area (Å²) >= 11 is 0. The number of rotatable bonds is 13. The van der Waals surface area contributed by atoms with Crippen LogP contribution in [0.5, 0.6) is 0 Å². The number of amides is 1. The van der Waals surface area contributed by atoms with E-state index in [-0.39, 0.29) is 31.5 Å². The molecule has 1 saturated heterocycles. The molecule has 196 valence electrons. The normalized spacial score (nSPS) is 17.1. The number of nitrogens with one attached hydrogen (secondary N) is 1. The Morgan fingerprint density at radius 2 is 1.97 bits per heavy atom. The van der Waals surface area contributed by atoms with Crippen LogP contribution in [0, 0.1) is 0 Å². The molecule has 2 heterocycles. The average molecular weight is 522 g/mol. The summed E-state index contributed by atoms with van der Waals surface area (Å²) in [5.41, 5.74) is -0.292. The molecule has 12 heteroatoms. The highest BCUT2D eigenvalue weighted by atomic mass is 31.2. The van der Waals surface area contributed by atoms with Gasteiger partial charge in [0.05, 0.1) is 19.4 Å². The molecule has 1 aromatic carbocycles. The summed E-state index contributed by atoms with van der Waals surface area (Å²) in [4.78, 5) is 34.2. The summed E-state index contributed by atoms with van der Waals surface area (Å²) in [7, 11) is -3.46. The zero-order valence-corrected chi connectivity index (χ0v) is 21.3. The number of hydrogen-bond donors (Lipinski definition) is 1. The molecule has 11 nitrogen and oxygen atoms in total. The number of benzene rings is 1. The van der Waals surface area contributed by atoms with Crippen LogP contribution in [-0.2, 0) is 23.1 Å². The number of ether oxygens (including phenoxy) is 2. The SMILES string of the molecule is CCOP(=O)(C=C[C@H](COn1ccc(NC(=O)c2ccccc2)nc1=O)O[C@H]1CCCCO1)OCC. The first-order valence-corrected chi connectivity index (χ1v) is 13.5. The predicted molar refractivity (Wildman–Crippen MR) is 133 cm³/mol. The van der Waals surface area contributed by atoms with Gasteiger partial charge >= 0.3 is 13.3 Å². The molecule has 1 fully saturated rings. The van der Waals surface area contributed by atoms with Crippen LogP contribution in [0.15, 0.2) is 59.3 Å². The van der Waals surface area contributed by atoms with Gasteiger partial charge in [0.2, 0.25) is 0 Å². The molecule has 0 saturated carbocycles. The quantitative estimate of drug-likeness (QED) is 0.393. The fourth-order valence-corrected chi connectivity index (χ4v) is 4.70. The molecule has 36 heavy (non-hydrogen) atoms. The highest BCUT2D eigenvalue weighted by Gasteiger charge is 2.23. The van der Waals surface area contributed by atoms with E-state index in [0.717, 1.165) is 17.6 Å². The minimum Gasteiger partial charge on any atom is -0.406 e. The second kappa shape index (κ2) is 14.1. The summed E-state index contributed by atoms with van der Waals surface area (Å²) in [5.74, 6) is 1.03. The molecule has 1 amide bonds. The molecule has 3 rings (SSSR count). The maximum atomic E-state index is 12.8. The Bertz CT molecular complexity index is 1090. The van der Waals surface area contributed by atoms with Crippen LogP contribution in [0.3, 0.4) is 0 Å². The van der Waals surface area contributed by atoms with Crippen molar-refractivity contribution in [3.8, 4) is 0 Å². The van der Waals surface area contributed by atoms with Gasteiger partial charge in [-0.15, -0.1) is 4.73 Å². The van der Waals surface area contributed by atoms with Crippen molar-refractivity contribution < 1.29 is 32.7 Å². The minimum atomic E-state index is -3.46. The van der Waals surface area contributed by atoms with Gasteiger partial charge in [-0.25, -0.2) is 4.79 Å². The maximum Gasteiger partial charge on any atom is 0.382 e. The van der Waals surface area contributed by atoms with E-state index in [0.29, 0.717) is 18.6 Å². The van der Waals surface area contributed by atoms with Gasteiger partial charge in [0.15, 0.2) is 6.29 Å². The maximum absolute atomic E-state index is 12.8. The van der Waals surface area contributed by atoms with Crippen molar-refractivity contribution in [1.29, 1.82) is 0 Å².